The summed E-state index contributed by atoms with van der Waals surface area (Å²) < 4.78 is 42.5. The molecule has 0 spiro atoms. The molecule has 6 heteroatoms. The molecule has 0 unspecified atom stereocenters. The first-order valence-corrected chi connectivity index (χ1v) is 5.99. The van der Waals surface area contributed by atoms with Crippen molar-refractivity contribution in [2.45, 2.75) is 6.18 Å². The standard InChI is InChI=1S/C11H12F3NOS/c1-15-10(17-2)7-16-9-5-3-4-8(6-9)11(12,13)14/h3-6H,7H2,1-2H3. The summed E-state index contributed by atoms with van der Waals surface area (Å²) in [6.07, 6.45) is -2.52. The molecule has 0 radical (unpaired) electrons. The average molecular weight is 263 g/mol. The number of ether oxygens (including phenoxy) is 1. The Morgan fingerprint density at radius 3 is 2.65 bits per heavy atom. The molecule has 0 atom stereocenters. The first-order valence-electron chi connectivity index (χ1n) is 4.77. The summed E-state index contributed by atoms with van der Waals surface area (Å²) in [6.45, 7) is 0.180. The van der Waals surface area contributed by atoms with Crippen LogP contribution >= 0.6 is 11.8 Å². The van der Waals surface area contributed by atoms with Gasteiger partial charge in [-0.05, 0) is 24.5 Å². The van der Waals surface area contributed by atoms with Gasteiger partial charge in [0.2, 0.25) is 0 Å². The van der Waals surface area contributed by atoms with E-state index in [1.807, 2.05) is 6.26 Å². The van der Waals surface area contributed by atoms with Crippen LogP contribution in [0, 0.1) is 0 Å². The van der Waals surface area contributed by atoms with Crippen LogP contribution in [0.25, 0.3) is 0 Å². The van der Waals surface area contributed by atoms with Crippen LogP contribution in [-0.2, 0) is 6.18 Å². The van der Waals surface area contributed by atoms with Crippen LogP contribution in [0.2, 0.25) is 0 Å². The molecule has 0 aliphatic carbocycles. The lowest BCUT2D eigenvalue weighted by molar-refractivity contribution is -0.137. The van der Waals surface area contributed by atoms with E-state index in [4.69, 9.17) is 4.74 Å². The maximum absolute atomic E-state index is 12.4. The third kappa shape index (κ3) is 4.30. The van der Waals surface area contributed by atoms with Crippen LogP contribution < -0.4 is 4.74 Å². The van der Waals surface area contributed by atoms with Gasteiger partial charge in [0.15, 0.2) is 0 Å². The van der Waals surface area contributed by atoms with Crippen molar-refractivity contribution in [1.29, 1.82) is 0 Å². The summed E-state index contributed by atoms with van der Waals surface area (Å²) in [7, 11) is 1.61. The zero-order valence-corrected chi connectivity index (χ0v) is 10.2. The van der Waals surface area contributed by atoms with Crippen molar-refractivity contribution in [1.82, 2.24) is 0 Å². The molecule has 0 aliphatic heterocycles. The van der Waals surface area contributed by atoms with E-state index in [2.05, 4.69) is 4.99 Å². The zero-order chi connectivity index (χ0) is 12.9. The van der Waals surface area contributed by atoms with Crippen molar-refractivity contribution in [3.63, 3.8) is 0 Å². The van der Waals surface area contributed by atoms with Crippen LogP contribution in [0.3, 0.4) is 0 Å². The maximum atomic E-state index is 12.4. The molecule has 0 heterocycles. The monoisotopic (exact) mass is 263 g/mol. The highest BCUT2D eigenvalue weighted by Crippen LogP contribution is 2.31. The van der Waals surface area contributed by atoms with E-state index < -0.39 is 11.7 Å². The fraction of sp³-hybridized carbons (Fsp3) is 0.364. The van der Waals surface area contributed by atoms with E-state index in [1.54, 1.807) is 7.05 Å². The Morgan fingerprint density at radius 2 is 2.12 bits per heavy atom. The van der Waals surface area contributed by atoms with Crippen molar-refractivity contribution >= 4 is 16.8 Å². The molecule has 0 saturated carbocycles. The van der Waals surface area contributed by atoms with Crippen molar-refractivity contribution < 1.29 is 17.9 Å². The molecule has 0 amide bonds. The number of alkyl halides is 3. The second-order valence-electron chi connectivity index (χ2n) is 3.14. The third-order valence-electron chi connectivity index (χ3n) is 2.01. The van der Waals surface area contributed by atoms with Crippen molar-refractivity contribution in [2.75, 3.05) is 19.9 Å². The number of benzene rings is 1. The first-order chi connectivity index (χ1) is 7.97. The highest BCUT2D eigenvalue weighted by molar-refractivity contribution is 8.13. The summed E-state index contributed by atoms with van der Waals surface area (Å²) in [5.74, 6) is 0.190. The van der Waals surface area contributed by atoms with Crippen LogP contribution in [-0.4, -0.2) is 25.0 Å². The van der Waals surface area contributed by atoms with Crippen LogP contribution in [0.4, 0.5) is 13.2 Å². The first kappa shape index (κ1) is 13.9. The van der Waals surface area contributed by atoms with E-state index in [1.165, 1.54) is 23.9 Å². The van der Waals surface area contributed by atoms with E-state index in [-0.39, 0.29) is 12.4 Å². The molecular weight excluding hydrogens is 251 g/mol. The summed E-state index contributed by atoms with van der Waals surface area (Å²) in [6, 6.07) is 4.80. The highest BCUT2D eigenvalue weighted by Gasteiger charge is 2.30. The largest absolute Gasteiger partial charge is 0.487 e. The minimum absolute atomic E-state index is 0.180. The molecule has 0 bridgehead atoms. The topological polar surface area (TPSA) is 21.6 Å². The quantitative estimate of drug-likeness (QED) is 0.615. The average Bonchev–Trinajstić information content (AvgIpc) is 2.30. The van der Waals surface area contributed by atoms with Gasteiger partial charge in [-0.1, -0.05) is 6.07 Å². The van der Waals surface area contributed by atoms with Gasteiger partial charge in [0.05, 0.1) is 5.56 Å². The predicted octanol–water partition coefficient (Wildman–Crippen LogP) is 3.48. The Kier molecular flexibility index (Phi) is 4.86. The van der Waals surface area contributed by atoms with Gasteiger partial charge < -0.3 is 4.74 Å². The van der Waals surface area contributed by atoms with Gasteiger partial charge in [-0.15, -0.1) is 11.8 Å². The molecule has 1 rings (SSSR count). The Balaban J connectivity index is 2.73. The van der Waals surface area contributed by atoms with Crippen molar-refractivity contribution in [3.05, 3.63) is 29.8 Å². The second-order valence-corrected chi connectivity index (χ2v) is 4.02. The Labute approximate surface area is 102 Å². The van der Waals surface area contributed by atoms with Crippen molar-refractivity contribution in [3.8, 4) is 5.75 Å². The number of hydrogen-bond donors (Lipinski definition) is 0. The molecule has 1 aromatic carbocycles. The van der Waals surface area contributed by atoms with Crippen LogP contribution in [0.5, 0.6) is 5.75 Å². The number of rotatable bonds is 3. The highest BCUT2D eigenvalue weighted by atomic mass is 32.2. The summed E-state index contributed by atoms with van der Waals surface area (Å²) in [5.41, 5.74) is -0.714. The van der Waals surface area contributed by atoms with Gasteiger partial charge in [-0.25, -0.2) is 0 Å². The predicted molar refractivity (Wildman–Crippen MR) is 63.8 cm³/mol. The number of nitrogens with zero attached hydrogens (tertiary/aromatic N) is 1. The number of thioether (sulfide) groups is 1. The van der Waals surface area contributed by atoms with Gasteiger partial charge in [0, 0.05) is 7.05 Å². The lowest BCUT2D eigenvalue weighted by atomic mass is 10.2. The molecular formula is C11H12F3NOS. The lowest BCUT2D eigenvalue weighted by Crippen LogP contribution is -2.09. The molecule has 0 fully saturated rings. The van der Waals surface area contributed by atoms with Gasteiger partial charge in [0.1, 0.15) is 17.4 Å². The fourth-order valence-corrected chi connectivity index (χ4v) is 1.48. The molecule has 2 nitrogen and oxygen atoms in total. The Hall–Kier alpha value is -1.17. The minimum atomic E-state index is -4.35. The van der Waals surface area contributed by atoms with E-state index >= 15 is 0 Å². The number of hydrogen-bond acceptors (Lipinski definition) is 3. The second kappa shape index (κ2) is 5.95. The molecule has 0 aromatic heterocycles. The SMILES string of the molecule is CN=C(COc1cccc(C(F)(F)F)c1)SC. The minimum Gasteiger partial charge on any atom is -0.487 e. The normalized spacial score (nSPS) is 12.6. The van der Waals surface area contributed by atoms with Gasteiger partial charge >= 0.3 is 6.18 Å². The summed E-state index contributed by atoms with van der Waals surface area (Å²) in [4.78, 5) is 3.93. The van der Waals surface area contributed by atoms with Gasteiger partial charge in [0.25, 0.3) is 0 Å². The smallest absolute Gasteiger partial charge is 0.416 e. The Morgan fingerprint density at radius 1 is 1.41 bits per heavy atom. The molecule has 0 saturated heterocycles. The lowest BCUT2D eigenvalue weighted by Gasteiger charge is -2.10. The maximum Gasteiger partial charge on any atom is 0.416 e. The summed E-state index contributed by atoms with van der Waals surface area (Å²) in [5, 5.41) is 0.724. The van der Waals surface area contributed by atoms with Crippen LogP contribution in [0.15, 0.2) is 29.3 Å². The van der Waals surface area contributed by atoms with E-state index in [0.717, 1.165) is 17.2 Å². The summed E-state index contributed by atoms with van der Waals surface area (Å²) >= 11 is 1.40. The molecule has 1 aromatic rings. The van der Waals surface area contributed by atoms with Crippen LogP contribution in [0.1, 0.15) is 5.56 Å². The van der Waals surface area contributed by atoms with Gasteiger partial charge in [-0.3, -0.25) is 4.99 Å². The Bertz CT molecular complexity index is 404. The third-order valence-corrected chi connectivity index (χ3v) is 2.78. The molecule has 0 N–H and O–H groups in total. The van der Waals surface area contributed by atoms with Gasteiger partial charge in [-0.2, -0.15) is 13.2 Å². The number of aliphatic imine (C=N–C) groups is 1. The molecule has 17 heavy (non-hydrogen) atoms. The fourth-order valence-electron chi connectivity index (χ4n) is 1.12. The molecule has 0 aliphatic rings. The van der Waals surface area contributed by atoms with E-state index in [0.29, 0.717) is 0 Å². The van der Waals surface area contributed by atoms with E-state index in [9.17, 15) is 13.2 Å². The molecule has 94 valence electrons. The zero-order valence-electron chi connectivity index (χ0n) is 9.41. The van der Waals surface area contributed by atoms with Crippen molar-refractivity contribution in [2.24, 2.45) is 4.99 Å². The number of halogens is 3.